The molecule has 3 aliphatic heterocycles. The number of nitrogens with one attached hydrogen (secondary N) is 2. The Hall–Kier alpha value is -2.69. The highest BCUT2D eigenvalue weighted by molar-refractivity contribution is 7.47. The molecule has 5 N–H and O–H groups in total. The van der Waals surface area contributed by atoms with Crippen molar-refractivity contribution in [2.24, 2.45) is 0 Å². The first kappa shape index (κ1) is 29.8. The number of aryl methyl sites for hydroxylation is 2. The Morgan fingerprint density at radius 1 is 0.780 bits per heavy atom. The van der Waals surface area contributed by atoms with Crippen LogP contribution in [-0.2, 0) is 23.1 Å². The molecule has 1 unspecified atom stereocenters. The number of aromatic nitrogens is 4. The van der Waals surface area contributed by atoms with Crippen molar-refractivity contribution in [2.45, 2.75) is 101 Å². The third kappa shape index (κ3) is 6.24. The molecule has 0 spiro atoms. The van der Waals surface area contributed by atoms with Crippen LogP contribution in [0.5, 0.6) is 0 Å². The van der Waals surface area contributed by atoms with Crippen LogP contribution in [0.15, 0.2) is 31.6 Å². The van der Waals surface area contributed by atoms with Crippen molar-refractivity contribution in [1.82, 2.24) is 19.1 Å². The number of nitrogens with zero attached hydrogens (tertiary/aromatic N) is 2. The fourth-order valence-electron chi connectivity index (χ4n) is 5.57. The minimum Gasteiger partial charge on any atom is -0.390 e. The lowest BCUT2D eigenvalue weighted by atomic mass is 9.98. The van der Waals surface area contributed by atoms with Crippen molar-refractivity contribution < 1.29 is 38.2 Å². The van der Waals surface area contributed by atoms with Crippen LogP contribution in [0.25, 0.3) is 0 Å². The van der Waals surface area contributed by atoms with E-state index in [2.05, 4.69) is 9.97 Å². The smallest absolute Gasteiger partial charge is 0.390 e. The highest BCUT2D eigenvalue weighted by Crippen LogP contribution is 2.52. The third-order valence-electron chi connectivity index (χ3n) is 7.68. The van der Waals surface area contributed by atoms with Gasteiger partial charge in [-0.15, -0.1) is 0 Å². The van der Waals surface area contributed by atoms with Gasteiger partial charge in [0.1, 0.15) is 30.8 Å². The molecule has 5 rings (SSSR count). The number of rotatable bonds is 3. The molecule has 0 radical (unpaired) electrons. The predicted octanol–water partition coefficient (Wildman–Crippen LogP) is -0.555. The summed E-state index contributed by atoms with van der Waals surface area (Å²) in [7, 11) is -4.86. The standard InChI is InChI=1S/C24H33N4O12P/c1-11-9-27(23(33)25-21(11)31)17-7-14(30)20(37-17)15-6-4-3-5-13(29)19-16(40-41(35,36)39-15)8-18(38-19)28-10-12(2)22(32)26-24(28)34/h9-10,13-20,29-30H,3-8H2,1-2H3,(H,35,36)(H,25,31,33)(H,26,32,34)/t13-,14-,15-,16-,17+,18+,19+,20-/m0/s1. The summed E-state index contributed by atoms with van der Waals surface area (Å²) in [5, 5.41) is 21.7. The minimum atomic E-state index is -4.86. The number of aromatic amines is 2. The van der Waals surface area contributed by atoms with Gasteiger partial charge in [0.25, 0.3) is 11.1 Å². The Morgan fingerprint density at radius 2 is 1.27 bits per heavy atom. The fraction of sp³-hybridized carbons (Fsp3) is 0.667. The Morgan fingerprint density at radius 3 is 1.85 bits per heavy atom. The van der Waals surface area contributed by atoms with Gasteiger partial charge in [0.15, 0.2) is 0 Å². The lowest BCUT2D eigenvalue weighted by Crippen LogP contribution is -2.37. The molecule has 0 bridgehead atoms. The van der Waals surface area contributed by atoms with Crippen LogP contribution in [0, 0.1) is 13.8 Å². The summed E-state index contributed by atoms with van der Waals surface area (Å²) in [6.07, 6.45) is -4.98. The highest BCUT2D eigenvalue weighted by Gasteiger charge is 2.48. The van der Waals surface area contributed by atoms with Crippen LogP contribution in [-0.4, -0.2) is 70.8 Å². The van der Waals surface area contributed by atoms with E-state index in [-0.39, 0.29) is 36.8 Å². The van der Waals surface area contributed by atoms with Crippen molar-refractivity contribution in [3.8, 4) is 0 Å². The maximum Gasteiger partial charge on any atom is 0.472 e. The molecule has 9 atom stereocenters. The molecule has 3 saturated heterocycles. The number of aliphatic hydroxyl groups excluding tert-OH is 2. The average Bonchev–Trinajstić information content (AvgIpc) is 3.47. The summed E-state index contributed by atoms with van der Waals surface area (Å²) >= 11 is 0. The molecule has 2 aromatic heterocycles. The number of H-pyrrole nitrogens is 2. The Bertz CT molecular complexity index is 1570. The first-order chi connectivity index (χ1) is 19.3. The first-order valence-electron chi connectivity index (χ1n) is 13.3. The molecule has 17 heteroatoms. The first-order valence-corrected chi connectivity index (χ1v) is 14.8. The van der Waals surface area contributed by atoms with Gasteiger partial charge in [0.05, 0.1) is 18.3 Å². The Labute approximate surface area is 232 Å². The normalized spacial score (nSPS) is 36.5. The minimum absolute atomic E-state index is 0.0429. The zero-order valence-corrected chi connectivity index (χ0v) is 23.3. The summed E-state index contributed by atoms with van der Waals surface area (Å²) in [6, 6.07) is 0. The molecule has 3 fully saturated rings. The molecular formula is C24H33N4O12P. The average molecular weight is 601 g/mol. The largest absolute Gasteiger partial charge is 0.472 e. The maximum atomic E-state index is 13.2. The number of aliphatic hydroxyl groups is 2. The Kier molecular flexibility index (Phi) is 8.38. The molecule has 2 aromatic rings. The second-order valence-corrected chi connectivity index (χ2v) is 12.1. The molecule has 16 nitrogen and oxygen atoms in total. The molecule has 226 valence electrons. The van der Waals surface area contributed by atoms with Gasteiger partial charge in [-0.2, -0.15) is 0 Å². The summed E-state index contributed by atoms with van der Waals surface area (Å²) in [6.45, 7) is 3.02. The fourth-order valence-corrected chi connectivity index (χ4v) is 6.73. The van der Waals surface area contributed by atoms with Crippen LogP contribution in [0.1, 0.15) is 62.1 Å². The zero-order valence-electron chi connectivity index (χ0n) is 22.4. The van der Waals surface area contributed by atoms with E-state index >= 15 is 0 Å². The van der Waals surface area contributed by atoms with Gasteiger partial charge < -0.3 is 24.6 Å². The second-order valence-electron chi connectivity index (χ2n) is 10.7. The highest BCUT2D eigenvalue weighted by atomic mass is 31.2. The molecule has 0 aromatic carbocycles. The maximum absolute atomic E-state index is 13.2. The van der Waals surface area contributed by atoms with Crippen LogP contribution in [0.4, 0.5) is 0 Å². The van der Waals surface area contributed by atoms with E-state index in [4.69, 9.17) is 18.5 Å². The Balaban J connectivity index is 1.36. The number of phosphoric acid groups is 1. The molecule has 41 heavy (non-hydrogen) atoms. The van der Waals surface area contributed by atoms with Gasteiger partial charge in [-0.3, -0.25) is 37.7 Å². The molecule has 3 aliphatic rings. The van der Waals surface area contributed by atoms with Gasteiger partial charge in [0.2, 0.25) is 0 Å². The van der Waals surface area contributed by atoms with Crippen LogP contribution in [0.3, 0.4) is 0 Å². The van der Waals surface area contributed by atoms with E-state index < -0.39 is 79.4 Å². The van der Waals surface area contributed by atoms with Crippen molar-refractivity contribution in [2.75, 3.05) is 0 Å². The zero-order chi connectivity index (χ0) is 29.6. The molecule has 0 amide bonds. The lowest BCUT2D eigenvalue weighted by Gasteiger charge is -2.28. The van der Waals surface area contributed by atoms with Gasteiger partial charge >= 0.3 is 19.2 Å². The topological polar surface area (TPSA) is 224 Å². The lowest BCUT2D eigenvalue weighted by molar-refractivity contribution is -0.0941. The van der Waals surface area contributed by atoms with Crippen LogP contribution < -0.4 is 22.5 Å². The van der Waals surface area contributed by atoms with Gasteiger partial charge in [-0.05, 0) is 26.7 Å². The second kappa shape index (κ2) is 11.5. The van der Waals surface area contributed by atoms with Gasteiger partial charge in [-0.25, -0.2) is 14.2 Å². The van der Waals surface area contributed by atoms with Crippen molar-refractivity contribution in [3.63, 3.8) is 0 Å². The number of fused-ring (bicyclic) bond motifs is 1. The molecule has 0 aliphatic carbocycles. The van der Waals surface area contributed by atoms with E-state index in [1.807, 2.05) is 0 Å². The third-order valence-corrected chi connectivity index (χ3v) is 8.76. The summed E-state index contributed by atoms with van der Waals surface area (Å²) in [5.74, 6) is 0. The monoisotopic (exact) mass is 600 g/mol. The summed E-state index contributed by atoms with van der Waals surface area (Å²) in [5.41, 5.74) is -2.08. The van der Waals surface area contributed by atoms with E-state index in [1.54, 1.807) is 0 Å². The molecule has 0 saturated carbocycles. The molecule has 5 heterocycles. The number of hydrogen-bond acceptors (Lipinski definition) is 11. The summed E-state index contributed by atoms with van der Waals surface area (Å²) < 4.78 is 38.3. The summed E-state index contributed by atoms with van der Waals surface area (Å²) in [4.78, 5) is 63.4. The van der Waals surface area contributed by atoms with E-state index in [9.17, 15) is 38.8 Å². The van der Waals surface area contributed by atoms with Crippen molar-refractivity contribution in [1.29, 1.82) is 0 Å². The number of hydrogen-bond donors (Lipinski definition) is 5. The van der Waals surface area contributed by atoms with E-state index in [1.165, 1.54) is 26.2 Å². The quantitative estimate of drug-likeness (QED) is 0.280. The van der Waals surface area contributed by atoms with Crippen molar-refractivity contribution >= 4 is 7.82 Å². The number of ether oxygens (including phenoxy) is 2. The number of phosphoric ester groups is 1. The predicted molar refractivity (Wildman–Crippen MR) is 139 cm³/mol. The van der Waals surface area contributed by atoms with Gasteiger partial charge in [-0.1, -0.05) is 12.8 Å². The van der Waals surface area contributed by atoms with E-state index in [0.717, 1.165) is 9.13 Å². The van der Waals surface area contributed by atoms with Crippen LogP contribution in [0.2, 0.25) is 0 Å². The van der Waals surface area contributed by atoms with Crippen LogP contribution >= 0.6 is 7.82 Å². The van der Waals surface area contributed by atoms with Gasteiger partial charge in [0, 0.05) is 36.4 Å². The molecular weight excluding hydrogens is 567 g/mol. The SMILES string of the molecule is Cc1cn([C@H]2C[C@H](O)[C@@H]([C@@H]3CCCC[C@H](O)[C@H]4O[C@@H](n5cc(C)c(=O)[nH]c5=O)C[C@@H]4OP(=O)(O)O3)O2)c(=O)[nH]c1=O. The van der Waals surface area contributed by atoms with Crippen molar-refractivity contribution in [3.05, 3.63) is 65.2 Å². The van der Waals surface area contributed by atoms with E-state index in [0.29, 0.717) is 12.8 Å².